The summed E-state index contributed by atoms with van der Waals surface area (Å²) in [6.07, 6.45) is 2.20. The van der Waals surface area contributed by atoms with E-state index < -0.39 is 0 Å². The van der Waals surface area contributed by atoms with E-state index in [1.165, 1.54) is 4.90 Å². The average Bonchev–Trinajstić information content (AvgIpc) is 2.85. The number of nitrogens with one attached hydrogen (secondary N) is 2. The van der Waals surface area contributed by atoms with E-state index >= 15 is 0 Å². The summed E-state index contributed by atoms with van der Waals surface area (Å²) in [7, 11) is 0. The lowest BCUT2D eigenvalue weighted by Crippen LogP contribution is -2.41. The molecule has 2 aromatic carbocycles. The number of rotatable bonds is 11. The standard InChI is InChI=1S/C26H27ClN4O3/c27-22-11-5-4-10-21(22)18-31(19-25(33)29-17-15-20-8-2-1-3-9-20)26(34)14-13-24(32)30-23-12-6-7-16-28-23/h1-12,16H,13-15,17-19H2,(H,29,33)(H,28,30,32). The number of carbonyl (C=O) groups excluding carboxylic acids is 3. The van der Waals surface area contributed by atoms with Crippen molar-refractivity contribution in [1.29, 1.82) is 0 Å². The largest absolute Gasteiger partial charge is 0.354 e. The molecule has 3 amide bonds. The van der Waals surface area contributed by atoms with Crippen LogP contribution in [0.2, 0.25) is 5.02 Å². The first-order chi connectivity index (χ1) is 16.5. The van der Waals surface area contributed by atoms with Gasteiger partial charge in [0.15, 0.2) is 0 Å². The Morgan fingerprint density at radius 1 is 0.853 bits per heavy atom. The van der Waals surface area contributed by atoms with Crippen LogP contribution in [0.15, 0.2) is 79.0 Å². The highest BCUT2D eigenvalue weighted by Gasteiger charge is 2.19. The zero-order valence-corrected chi connectivity index (χ0v) is 19.5. The van der Waals surface area contributed by atoms with Crippen LogP contribution in [0, 0.1) is 0 Å². The van der Waals surface area contributed by atoms with Crippen molar-refractivity contribution in [1.82, 2.24) is 15.2 Å². The maximum atomic E-state index is 13.0. The van der Waals surface area contributed by atoms with Gasteiger partial charge in [0, 0.05) is 37.2 Å². The molecule has 0 saturated carbocycles. The molecule has 0 aliphatic carbocycles. The van der Waals surface area contributed by atoms with Crippen molar-refractivity contribution in [3.05, 3.63) is 95.1 Å². The van der Waals surface area contributed by atoms with Gasteiger partial charge in [-0.3, -0.25) is 14.4 Å². The fourth-order valence-corrected chi connectivity index (χ4v) is 3.50. The second kappa shape index (κ2) is 13.1. The molecular formula is C26H27ClN4O3. The first-order valence-electron chi connectivity index (χ1n) is 11.0. The Bertz CT molecular complexity index is 1090. The summed E-state index contributed by atoms with van der Waals surface area (Å²) in [5.74, 6) is -0.480. The van der Waals surface area contributed by atoms with Crippen LogP contribution in [-0.4, -0.2) is 40.7 Å². The molecule has 0 unspecified atom stereocenters. The molecule has 0 aliphatic heterocycles. The maximum absolute atomic E-state index is 13.0. The molecule has 0 radical (unpaired) electrons. The molecule has 0 fully saturated rings. The second-order valence-corrected chi connectivity index (χ2v) is 8.10. The Hall–Kier alpha value is -3.71. The van der Waals surface area contributed by atoms with Crippen molar-refractivity contribution in [3.63, 3.8) is 0 Å². The quantitative estimate of drug-likeness (QED) is 0.438. The fourth-order valence-electron chi connectivity index (χ4n) is 3.31. The van der Waals surface area contributed by atoms with Crippen LogP contribution in [0.4, 0.5) is 5.82 Å². The molecule has 3 aromatic rings. The van der Waals surface area contributed by atoms with Gasteiger partial charge in [-0.1, -0.05) is 66.2 Å². The molecule has 0 saturated heterocycles. The Morgan fingerprint density at radius 2 is 1.59 bits per heavy atom. The molecule has 3 rings (SSSR count). The van der Waals surface area contributed by atoms with Crippen molar-refractivity contribution in [2.24, 2.45) is 0 Å². The van der Waals surface area contributed by atoms with Gasteiger partial charge in [0.05, 0.1) is 6.54 Å². The van der Waals surface area contributed by atoms with Gasteiger partial charge in [-0.2, -0.15) is 0 Å². The van der Waals surface area contributed by atoms with Crippen LogP contribution in [0.1, 0.15) is 24.0 Å². The molecule has 8 heteroatoms. The topological polar surface area (TPSA) is 91.4 Å². The minimum Gasteiger partial charge on any atom is -0.354 e. The number of carbonyl (C=O) groups is 3. The fraction of sp³-hybridized carbons (Fsp3) is 0.231. The van der Waals surface area contributed by atoms with Crippen molar-refractivity contribution < 1.29 is 14.4 Å². The number of aromatic nitrogens is 1. The van der Waals surface area contributed by atoms with Crippen LogP contribution in [0.3, 0.4) is 0 Å². The first kappa shape index (κ1) is 24.9. The Kier molecular flexibility index (Phi) is 9.61. The van der Waals surface area contributed by atoms with Crippen LogP contribution < -0.4 is 10.6 Å². The number of nitrogens with zero attached hydrogens (tertiary/aromatic N) is 2. The zero-order valence-electron chi connectivity index (χ0n) is 18.7. The number of hydrogen-bond donors (Lipinski definition) is 2. The summed E-state index contributed by atoms with van der Waals surface area (Å²) < 4.78 is 0. The predicted octanol–water partition coefficient (Wildman–Crippen LogP) is 3.84. The van der Waals surface area contributed by atoms with E-state index in [0.29, 0.717) is 23.8 Å². The summed E-state index contributed by atoms with van der Waals surface area (Å²) in [4.78, 5) is 43.2. The molecule has 2 N–H and O–H groups in total. The lowest BCUT2D eigenvalue weighted by atomic mass is 10.1. The number of anilines is 1. The summed E-state index contributed by atoms with van der Waals surface area (Å²) in [5, 5.41) is 6.03. The van der Waals surface area contributed by atoms with Gasteiger partial charge >= 0.3 is 0 Å². The van der Waals surface area contributed by atoms with Crippen molar-refractivity contribution in [3.8, 4) is 0 Å². The van der Waals surface area contributed by atoms with Crippen molar-refractivity contribution in [2.75, 3.05) is 18.4 Å². The summed E-state index contributed by atoms with van der Waals surface area (Å²) in [6, 6.07) is 22.2. The monoisotopic (exact) mass is 478 g/mol. The third-order valence-electron chi connectivity index (χ3n) is 5.08. The maximum Gasteiger partial charge on any atom is 0.239 e. The number of benzene rings is 2. The van der Waals surface area contributed by atoms with Crippen molar-refractivity contribution >= 4 is 35.1 Å². The molecule has 176 valence electrons. The van der Waals surface area contributed by atoms with Crippen LogP contribution in [0.25, 0.3) is 0 Å². The molecular weight excluding hydrogens is 452 g/mol. The summed E-state index contributed by atoms with van der Waals surface area (Å²) in [5.41, 5.74) is 1.85. The molecule has 0 bridgehead atoms. The third kappa shape index (κ3) is 8.33. The predicted molar refractivity (Wildman–Crippen MR) is 132 cm³/mol. The van der Waals surface area contributed by atoms with Gasteiger partial charge in [0.1, 0.15) is 5.82 Å². The van der Waals surface area contributed by atoms with Crippen LogP contribution >= 0.6 is 11.6 Å². The lowest BCUT2D eigenvalue weighted by Gasteiger charge is -2.23. The third-order valence-corrected chi connectivity index (χ3v) is 5.45. The minimum atomic E-state index is -0.322. The molecule has 7 nitrogen and oxygen atoms in total. The van der Waals surface area contributed by atoms with Gasteiger partial charge in [0.25, 0.3) is 0 Å². The van der Waals surface area contributed by atoms with E-state index in [2.05, 4.69) is 15.6 Å². The van der Waals surface area contributed by atoms with Gasteiger partial charge < -0.3 is 15.5 Å². The minimum absolute atomic E-state index is 0.0238. The highest BCUT2D eigenvalue weighted by molar-refractivity contribution is 6.31. The normalized spacial score (nSPS) is 10.4. The Morgan fingerprint density at radius 3 is 2.32 bits per heavy atom. The molecule has 0 aliphatic rings. The molecule has 0 spiro atoms. The van der Waals surface area contributed by atoms with Crippen molar-refractivity contribution in [2.45, 2.75) is 25.8 Å². The second-order valence-electron chi connectivity index (χ2n) is 7.69. The van der Waals surface area contributed by atoms with Gasteiger partial charge in [-0.05, 0) is 35.7 Å². The lowest BCUT2D eigenvalue weighted by molar-refractivity contribution is -0.137. The Labute approximate surface area is 204 Å². The summed E-state index contributed by atoms with van der Waals surface area (Å²) in [6.45, 7) is 0.511. The molecule has 1 heterocycles. The first-order valence-corrected chi connectivity index (χ1v) is 11.4. The summed E-state index contributed by atoms with van der Waals surface area (Å²) >= 11 is 6.27. The Balaban J connectivity index is 1.56. The van der Waals surface area contributed by atoms with E-state index in [1.54, 1.807) is 36.5 Å². The van der Waals surface area contributed by atoms with Gasteiger partial charge in [-0.15, -0.1) is 0 Å². The van der Waals surface area contributed by atoms with Crippen LogP contribution in [-0.2, 0) is 27.3 Å². The molecule has 1 aromatic heterocycles. The highest BCUT2D eigenvalue weighted by Crippen LogP contribution is 2.18. The molecule has 0 atom stereocenters. The number of pyridine rings is 1. The van der Waals surface area contributed by atoms with E-state index in [-0.39, 0.29) is 43.7 Å². The number of halogens is 1. The number of amides is 3. The molecule has 34 heavy (non-hydrogen) atoms. The average molecular weight is 479 g/mol. The smallest absolute Gasteiger partial charge is 0.239 e. The SMILES string of the molecule is O=C(CN(Cc1ccccc1Cl)C(=O)CCC(=O)Nc1ccccn1)NCCc1ccccc1. The number of hydrogen-bond acceptors (Lipinski definition) is 4. The van der Waals surface area contributed by atoms with Crippen LogP contribution in [0.5, 0.6) is 0 Å². The van der Waals surface area contributed by atoms with Gasteiger partial charge in [-0.25, -0.2) is 4.98 Å². The van der Waals surface area contributed by atoms with Gasteiger partial charge in [0.2, 0.25) is 17.7 Å². The van der Waals surface area contributed by atoms with E-state index in [1.807, 2.05) is 42.5 Å². The van der Waals surface area contributed by atoms with E-state index in [4.69, 9.17) is 11.6 Å². The zero-order chi connectivity index (χ0) is 24.2. The van der Waals surface area contributed by atoms with E-state index in [9.17, 15) is 14.4 Å². The van der Waals surface area contributed by atoms with E-state index in [0.717, 1.165) is 11.1 Å². The highest BCUT2D eigenvalue weighted by atomic mass is 35.5.